The molecular weight excluding hydrogens is 238 g/mol. The predicted octanol–water partition coefficient (Wildman–Crippen LogP) is 2.80. The molecule has 0 saturated heterocycles. The molecule has 3 nitrogen and oxygen atoms in total. The number of fused-ring (bicyclic) bond motifs is 3. The van der Waals surface area contributed by atoms with E-state index in [1.54, 1.807) is 0 Å². The van der Waals surface area contributed by atoms with Crippen LogP contribution in [0.5, 0.6) is 0 Å². The van der Waals surface area contributed by atoms with E-state index in [1.165, 1.54) is 16.7 Å². The second-order valence-corrected chi connectivity index (χ2v) is 4.49. The van der Waals surface area contributed by atoms with Crippen molar-refractivity contribution < 1.29 is 9.53 Å². The first-order valence-electron chi connectivity index (χ1n) is 6.43. The van der Waals surface area contributed by atoms with Crippen LogP contribution in [-0.4, -0.2) is 12.6 Å². The molecule has 0 unspecified atom stereocenters. The zero-order valence-electron chi connectivity index (χ0n) is 10.8. The first-order valence-corrected chi connectivity index (χ1v) is 6.43. The minimum absolute atomic E-state index is 0.288. The van der Waals surface area contributed by atoms with Gasteiger partial charge in [-0.3, -0.25) is 0 Å². The van der Waals surface area contributed by atoms with Gasteiger partial charge in [-0.2, -0.15) is 0 Å². The highest BCUT2D eigenvalue weighted by Crippen LogP contribution is 2.34. The molecule has 0 aromatic rings. The van der Waals surface area contributed by atoms with Gasteiger partial charge in [0.2, 0.25) is 0 Å². The van der Waals surface area contributed by atoms with E-state index >= 15 is 0 Å². The van der Waals surface area contributed by atoms with Crippen LogP contribution in [0.3, 0.4) is 0 Å². The molecular formula is C16H15NO2. The summed E-state index contributed by atoms with van der Waals surface area (Å²) >= 11 is 0. The maximum Gasteiger partial charge on any atom is 0.354 e. The lowest BCUT2D eigenvalue weighted by molar-refractivity contribution is -0.138. The Morgan fingerprint density at radius 3 is 3.00 bits per heavy atom. The number of nitrogens with one attached hydrogen (secondary N) is 1. The van der Waals surface area contributed by atoms with Crippen molar-refractivity contribution in [2.75, 3.05) is 6.61 Å². The number of carbonyl (C=O) groups excluding carboxylic acids is 1. The molecule has 3 rings (SSSR count). The van der Waals surface area contributed by atoms with Crippen LogP contribution < -0.4 is 5.32 Å². The van der Waals surface area contributed by atoms with E-state index in [1.807, 2.05) is 31.2 Å². The molecule has 19 heavy (non-hydrogen) atoms. The fraction of sp³-hybridized carbons (Fsp3) is 0.188. The Morgan fingerprint density at radius 1 is 1.32 bits per heavy atom. The minimum Gasteiger partial charge on any atom is -0.461 e. The molecule has 1 heterocycles. The Labute approximate surface area is 112 Å². The van der Waals surface area contributed by atoms with E-state index in [0.717, 1.165) is 5.56 Å². The maximum absolute atomic E-state index is 11.7. The van der Waals surface area contributed by atoms with Gasteiger partial charge in [-0.1, -0.05) is 30.3 Å². The Morgan fingerprint density at radius 2 is 2.16 bits per heavy atom. The highest BCUT2D eigenvalue weighted by Gasteiger charge is 2.21. The number of hydrogen-bond acceptors (Lipinski definition) is 3. The molecule has 3 heteroatoms. The molecule has 0 radical (unpaired) electrons. The van der Waals surface area contributed by atoms with Crippen LogP contribution in [0.2, 0.25) is 0 Å². The normalized spacial score (nSPS) is 13.4. The first kappa shape index (κ1) is 11.8. The fourth-order valence-electron chi connectivity index (χ4n) is 2.43. The van der Waals surface area contributed by atoms with E-state index in [9.17, 15) is 4.79 Å². The highest BCUT2D eigenvalue weighted by atomic mass is 16.5. The van der Waals surface area contributed by atoms with E-state index in [4.69, 9.17) is 4.74 Å². The summed E-state index contributed by atoms with van der Waals surface area (Å²) in [6, 6.07) is 12.4. The summed E-state index contributed by atoms with van der Waals surface area (Å²) in [4.78, 5) is 11.7. The van der Waals surface area contributed by atoms with Gasteiger partial charge in [-0.25, -0.2) is 4.79 Å². The van der Waals surface area contributed by atoms with Crippen molar-refractivity contribution in [2.45, 2.75) is 13.5 Å². The van der Waals surface area contributed by atoms with Gasteiger partial charge in [-0.15, -0.1) is 0 Å². The third kappa shape index (κ3) is 2.08. The van der Waals surface area contributed by atoms with Crippen molar-refractivity contribution in [2.24, 2.45) is 0 Å². The fourth-order valence-corrected chi connectivity index (χ4v) is 2.43. The van der Waals surface area contributed by atoms with Gasteiger partial charge in [0, 0.05) is 6.54 Å². The van der Waals surface area contributed by atoms with Crippen molar-refractivity contribution in [3.63, 3.8) is 0 Å². The molecule has 2 aliphatic carbocycles. The van der Waals surface area contributed by atoms with Crippen LogP contribution in [-0.2, 0) is 16.1 Å². The van der Waals surface area contributed by atoms with Gasteiger partial charge in [0.25, 0.3) is 0 Å². The topological polar surface area (TPSA) is 38.3 Å². The molecule has 1 N–H and O–H groups in total. The molecule has 1 aliphatic heterocycles. The van der Waals surface area contributed by atoms with Crippen molar-refractivity contribution in [1.29, 1.82) is 0 Å². The van der Waals surface area contributed by atoms with Crippen molar-refractivity contribution >= 4 is 12.0 Å². The molecule has 0 bridgehead atoms. The summed E-state index contributed by atoms with van der Waals surface area (Å²) in [5.74, 6) is -0.288. The van der Waals surface area contributed by atoms with Crippen LogP contribution in [0, 0.1) is 0 Å². The van der Waals surface area contributed by atoms with Crippen molar-refractivity contribution in [3.05, 3.63) is 53.2 Å². The summed E-state index contributed by atoms with van der Waals surface area (Å²) in [5.41, 5.74) is 5.29. The average molecular weight is 253 g/mol. The highest BCUT2D eigenvalue weighted by molar-refractivity contribution is 5.95. The molecule has 3 aliphatic rings. The van der Waals surface area contributed by atoms with Crippen LogP contribution in [0.25, 0.3) is 17.2 Å². The van der Waals surface area contributed by atoms with Crippen LogP contribution in [0.1, 0.15) is 18.1 Å². The lowest BCUT2D eigenvalue weighted by Crippen LogP contribution is -2.24. The maximum atomic E-state index is 11.7. The standard InChI is InChI=1S/C16H15NO2/c1-2-19-16(18)15-9-12-8-11-6-4-3-5-7-13(11)14(12)10-17-15/h3-9,17H,2,10H2,1H3. The molecule has 0 aromatic carbocycles. The molecule has 96 valence electrons. The summed E-state index contributed by atoms with van der Waals surface area (Å²) in [7, 11) is 0. The number of carbonyl (C=O) groups is 1. The minimum atomic E-state index is -0.288. The van der Waals surface area contributed by atoms with Crippen LogP contribution >= 0.6 is 0 Å². The lowest BCUT2D eigenvalue weighted by Gasteiger charge is -2.16. The van der Waals surface area contributed by atoms with Crippen LogP contribution in [0.15, 0.2) is 42.1 Å². The zero-order valence-corrected chi connectivity index (χ0v) is 10.8. The third-order valence-corrected chi connectivity index (χ3v) is 3.31. The Balaban J connectivity index is 2.04. The average Bonchev–Trinajstić information content (AvgIpc) is 2.60. The predicted molar refractivity (Wildman–Crippen MR) is 74.5 cm³/mol. The van der Waals surface area contributed by atoms with Gasteiger partial charge in [-0.05, 0) is 41.3 Å². The molecule has 0 saturated carbocycles. The third-order valence-electron chi connectivity index (χ3n) is 3.31. The van der Waals surface area contributed by atoms with Gasteiger partial charge in [0.15, 0.2) is 0 Å². The quantitative estimate of drug-likeness (QED) is 0.836. The van der Waals surface area contributed by atoms with E-state index in [-0.39, 0.29) is 5.97 Å². The number of ether oxygens (including phenoxy) is 1. The van der Waals surface area contributed by atoms with Crippen molar-refractivity contribution in [1.82, 2.24) is 5.32 Å². The summed E-state index contributed by atoms with van der Waals surface area (Å²) in [6.07, 6.45) is 1.87. The van der Waals surface area contributed by atoms with Gasteiger partial charge >= 0.3 is 5.97 Å². The molecule has 0 amide bonds. The Kier molecular flexibility index (Phi) is 2.95. The number of rotatable bonds is 2. The first-order chi connectivity index (χ1) is 9.29. The monoisotopic (exact) mass is 253 g/mol. The van der Waals surface area contributed by atoms with Gasteiger partial charge in [0.1, 0.15) is 5.70 Å². The molecule has 0 spiro atoms. The van der Waals surface area contributed by atoms with Gasteiger partial charge < -0.3 is 10.1 Å². The number of esters is 1. The van der Waals surface area contributed by atoms with Crippen LogP contribution in [0.4, 0.5) is 0 Å². The Bertz CT molecular complexity index is 631. The second-order valence-electron chi connectivity index (χ2n) is 4.49. The van der Waals surface area contributed by atoms with E-state index < -0.39 is 0 Å². The molecule has 0 fully saturated rings. The molecule has 0 aromatic heterocycles. The smallest absolute Gasteiger partial charge is 0.354 e. The SMILES string of the molecule is CCOC(=O)C1=Cc2cc3cccccc-3c2CN1. The van der Waals surface area contributed by atoms with Crippen molar-refractivity contribution in [3.8, 4) is 11.1 Å². The van der Waals surface area contributed by atoms with E-state index in [2.05, 4.69) is 23.5 Å². The molecule has 0 atom stereocenters. The van der Waals surface area contributed by atoms with E-state index in [0.29, 0.717) is 18.8 Å². The summed E-state index contributed by atoms with van der Waals surface area (Å²) in [5, 5.41) is 3.13. The summed E-state index contributed by atoms with van der Waals surface area (Å²) < 4.78 is 5.02. The number of hydrogen-bond donors (Lipinski definition) is 1. The summed E-state index contributed by atoms with van der Waals surface area (Å²) in [6.45, 7) is 2.86. The zero-order chi connectivity index (χ0) is 13.2. The Hall–Kier alpha value is -2.29. The second kappa shape index (κ2) is 4.76. The van der Waals surface area contributed by atoms with Gasteiger partial charge in [0.05, 0.1) is 6.61 Å². The largest absolute Gasteiger partial charge is 0.461 e. The lowest BCUT2D eigenvalue weighted by atomic mass is 10.1.